The number of carbonyl (C=O) groups is 2. The lowest BCUT2D eigenvalue weighted by Gasteiger charge is -2.36. The van der Waals surface area contributed by atoms with Crippen molar-refractivity contribution in [2.75, 3.05) is 43.1 Å². The Kier molecular flexibility index (Phi) is 6.52. The minimum atomic E-state index is -1.14. The van der Waals surface area contributed by atoms with Crippen molar-refractivity contribution in [3.8, 4) is 12.3 Å². The molecule has 0 saturated carbocycles. The summed E-state index contributed by atoms with van der Waals surface area (Å²) in [6, 6.07) is 3.68. The Balaban J connectivity index is 1.75. The van der Waals surface area contributed by atoms with E-state index in [0.29, 0.717) is 38.4 Å². The van der Waals surface area contributed by atoms with Gasteiger partial charge in [0.15, 0.2) is 0 Å². The molecule has 1 aromatic rings. The average Bonchev–Trinajstić information content (AvgIpc) is 3.13. The largest absolute Gasteiger partial charge is 0.444 e. The van der Waals surface area contributed by atoms with Crippen LogP contribution in [0.15, 0.2) is 18.3 Å². The molecule has 2 amide bonds. The Morgan fingerprint density at radius 2 is 2.03 bits per heavy atom. The van der Waals surface area contributed by atoms with Crippen LogP contribution in [0.3, 0.4) is 0 Å². The molecule has 0 radical (unpaired) electrons. The first-order valence-corrected chi connectivity index (χ1v) is 10.3. The topological polar surface area (TPSA) is 84.0 Å². The van der Waals surface area contributed by atoms with Crippen LogP contribution in [-0.2, 0) is 14.3 Å². The van der Waals surface area contributed by atoms with Crippen LogP contribution in [-0.4, -0.2) is 65.9 Å². The molecule has 3 heterocycles. The molecule has 162 valence electrons. The molecule has 1 N–H and O–H groups in total. The van der Waals surface area contributed by atoms with E-state index in [4.69, 9.17) is 15.9 Å². The van der Waals surface area contributed by atoms with Crippen molar-refractivity contribution in [2.45, 2.75) is 51.2 Å². The summed E-state index contributed by atoms with van der Waals surface area (Å²) in [5.74, 6) is 2.65. The van der Waals surface area contributed by atoms with E-state index in [1.54, 1.807) is 33.0 Å². The molecule has 3 rings (SSSR count). The summed E-state index contributed by atoms with van der Waals surface area (Å²) < 4.78 is 10.9. The Morgan fingerprint density at radius 1 is 1.30 bits per heavy atom. The number of pyridine rings is 1. The fraction of sp³-hybridized carbons (Fsp3) is 0.591. The molecule has 8 heteroatoms. The van der Waals surface area contributed by atoms with E-state index in [9.17, 15) is 9.59 Å². The van der Waals surface area contributed by atoms with Gasteiger partial charge >= 0.3 is 6.09 Å². The van der Waals surface area contributed by atoms with Crippen LogP contribution in [0.5, 0.6) is 0 Å². The lowest BCUT2D eigenvalue weighted by molar-refractivity contribution is -0.126. The van der Waals surface area contributed by atoms with Gasteiger partial charge in [-0.05, 0) is 45.7 Å². The highest BCUT2D eigenvalue weighted by atomic mass is 16.6. The van der Waals surface area contributed by atoms with E-state index in [1.807, 2.05) is 6.07 Å². The third-order valence-electron chi connectivity index (χ3n) is 5.29. The molecule has 2 fully saturated rings. The van der Waals surface area contributed by atoms with Crippen molar-refractivity contribution in [1.29, 1.82) is 0 Å². The fourth-order valence-corrected chi connectivity index (χ4v) is 3.83. The normalized spacial score (nSPS) is 21.8. The summed E-state index contributed by atoms with van der Waals surface area (Å²) in [5.41, 5.74) is -0.817. The summed E-state index contributed by atoms with van der Waals surface area (Å²) in [4.78, 5) is 34.1. The molecule has 0 aliphatic carbocycles. The van der Waals surface area contributed by atoms with Gasteiger partial charge in [0, 0.05) is 26.1 Å². The van der Waals surface area contributed by atoms with Gasteiger partial charge in [-0.25, -0.2) is 9.78 Å². The highest BCUT2D eigenvalue weighted by Gasteiger charge is 2.50. The molecule has 0 bridgehead atoms. The molecule has 30 heavy (non-hydrogen) atoms. The standard InChI is InChI=1S/C22H30N4O4/c1-5-9-22(10-6-11-26(22)20(28)30-21(2,3)4)19(27)24-18-8-7-17(16-23-18)25-12-14-29-15-13-25/h1,7-8,16H,6,9-15H2,2-4H3,(H,23,24,27). The maximum atomic E-state index is 13.3. The number of ether oxygens (including phenoxy) is 2. The Morgan fingerprint density at radius 3 is 2.63 bits per heavy atom. The number of likely N-dealkylation sites (tertiary alicyclic amines) is 1. The molecule has 2 aliphatic rings. The first-order valence-electron chi connectivity index (χ1n) is 10.3. The average molecular weight is 415 g/mol. The number of nitrogens with zero attached hydrogens (tertiary/aromatic N) is 3. The second-order valence-electron chi connectivity index (χ2n) is 8.60. The van der Waals surface area contributed by atoms with Crippen LogP contribution < -0.4 is 10.2 Å². The molecule has 1 unspecified atom stereocenters. The molecular formula is C22H30N4O4. The Hall–Kier alpha value is -2.79. The van der Waals surface area contributed by atoms with Gasteiger partial charge in [-0.1, -0.05) is 0 Å². The van der Waals surface area contributed by atoms with Gasteiger partial charge in [-0.2, -0.15) is 0 Å². The molecule has 1 atom stereocenters. The van der Waals surface area contributed by atoms with Gasteiger partial charge in [0.2, 0.25) is 0 Å². The number of rotatable bonds is 4. The third kappa shape index (κ3) is 4.85. The second-order valence-corrected chi connectivity index (χ2v) is 8.60. The van der Waals surface area contributed by atoms with Crippen molar-refractivity contribution < 1.29 is 19.1 Å². The highest BCUT2D eigenvalue weighted by molar-refractivity contribution is 6.00. The number of hydrogen-bond acceptors (Lipinski definition) is 6. The summed E-state index contributed by atoms with van der Waals surface area (Å²) >= 11 is 0. The molecule has 1 aromatic heterocycles. The van der Waals surface area contributed by atoms with Gasteiger partial charge in [0.05, 0.1) is 25.1 Å². The number of hydrogen-bond donors (Lipinski definition) is 1. The smallest absolute Gasteiger partial charge is 0.411 e. The van der Waals surface area contributed by atoms with Crippen LogP contribution in [0.4, 0.5) is 16.3 Å². The third-order valence-corrected chi connectivity index (χ3v) is 5.29. The number of aromatic nitrogens is 1. The maximum absolute atomic E-state index is 13.3. The van der Waals surface area contributed by atoms with Crippen LogP contribution in [0.2, 0.25) is 0 Å². The van der Waals surface area contributed by atoms with Gasteiger partial charge in [0.1, 0.15) is 17.0 Å². The second kappa shape index (κ2) is 8.92. The van der Waals surface area contributed by atoms with Gasteiger partial charge in [-0.15, -0.1) is 12.3 Å². The Labute approximate surface area is 177 Å². The zero-order valence-corrected chi connectivity index (χ0v) is 17.9. The Bertz CT molecular complexity index is 806. The van der Waals surface area contributed by atoms with Crippen LogP contribution >= 0.6 is 0 Å². The van der Waals surface area contributed by atoms with Crippen LogP contribution in [0, 0.1) is 12.3 Å². The lowest BCUT2D eigenvalue weighted by atomic mass is 9.91. The van der Waals surface area contributed by atoms with E-state index in [-0.39, 0.29) is 12.3 Å². The summed E-state index contributed by atoms with van der Waals surface area (Å²) in [5, 5.41) is 2.85. The van der Waals surface area contributed by atoms with E-state index in [2.05, 4.69) is 21.1 Å². The zero-order valence-electron chi connectivity index (χ0n) is 17.9. The number of anilines is 2. The van der Waals surface area contributed by atoms with Crippen LogP contribution in [0.25, 0.3) is 0 Å². The number of amides is 2. The van der Waals surface area contributed by atoms with Crippen molar-refractivity contribution in [2.24, 2.45) is 0 Å². The van der Waals surface area contributed by atoms with Crippen molar-refractivity contribution in [3.05, 3.63) is 18.3 Å². The highest BCUT2D eigenvalue weighted by Crippen LogP contribution is 2.35. The minimum absolute atomic E-state index is 0.115. The van der Waals surface area contributed by atoms with Gasteiger partial charge < -0.3 is 19.7 Å². The molecule has 0 spiro atoms. The van der Waals surface area contributed by atoms with Crippen LogP contribution in [0.1, 0.15) is 40.0 Å². The van der Waals surface area contributed by atoms with E-state index in [0.717, 1.165) is 18.8 Å². The molecule has 2 saturated heterocycles. The first kappa shape index (κ1) is 21.9. The molecule has 2 aliphatic heterocycles. The van der Waals surface area contributed by atoms with Gasteiger partial charge in [0.25, 0.3) is 5.91 Å². The number of terminal acetylenes is 1. The number of carbonyl (C=O) groups excluding carboxylic acids is 2. The zero-order chi connectivity index (χ0) is 21.8. The SMILES string of the molecule is C#CCC1(C(=O)Nc2ccc(N3CCOCC3)cn2)CCCN1C(=O)OC(C)(C)C. The predicted octanol–water partition coefficient (Wildman–Crippen LogP) is 2.65. The van der Waals surface area contributed by atoms with Gasteiger partial charge in [-0.3, -0.25) is 9.69 Å². The molecular weight excluding hydrogens is 384 g/mol. The monoisotopic (exact) mass is 414 g/mol. The first-order chi connectivity index (χ1) is 14.2. The van der Waals surface area contributed by atoms with Crippen molar-refractivity contribution >= 4 is 23.5 Å². The number of morpholine rings is 1. The minimum Gasteiger partial charge on any atom is -0.444 e. The van der Waals surface area contributed by atoms with E-state index in [1.165, 1.54) is 4.90 Å². The predicted molar refractivity (Wildman–Crippen MR) is 114 cm³/mol. The fourth-order valence-electron chi connectivity index (χ4n) is 3.83. The maximum Gasteiger partial charge on any atom is 0.411 e. The van der Waals surface area contributed by atoms with E-state index < -0.39 is 17.2 Å². The van der Waals surface area contributed by atoms with E-state index >= 15 is 0 Å². The number of nitrogens with one attached hydrogen (secondary N) is 1. The summed E-state index contributed by atoms with van der Waals surface area (Å²) in [6.45, 7) is 8.80. The van der Waals surface area contributed by atoms with Crippen molar-refractivity contribution in [1.82, 2.24) is 9.88 Å². The summed E-state index contributed by atoms with van der Waals surface area (Å²) in [6.07, 6.45) is 8.05. The lowest BCUT2D eigenvalue weighted by Crippen LogP contribution is -2.56. The van der Waals surface area contributed by atoms with Crippen molar-refractivity contribution in [3.63, 3.8) is 0 Å². The quantitative estimate of drug-likeness (QED) is 0.763. The molecule has 8 nitrogen and oxygen atoms in total. The molecule has 0 aromatic carbocycles. The summed E-state index contributed by atoms with van der Waals surface area (Å²) in [7, 11) is 0.